The molecule has 0 aromatic heterocycles. The zero-order valence-corrected chi connectivity index (χ0v) is 22.8. The molecule has 1 atom stereocenters. The van der Waals surface area contributed by atoms with Crippen LogP contribution in [0.3, 0.4) is 0 Å². The highest BCUT2D eigenvalue weighted by Crippen LogP contribution is 2.23. The fourth-order valence-corrected chi connectivity index (χ4v) is 5.06. The summed E-state index contributed by atoms with van der Waals surface area (Å²) in [5, 5.41) is 2.90. The number of carbonyl (C=O) groups excluding carboxylic acids is 2. The Morgan fingerprint density at radius 3 is 2.28 bits per heavy atom. The van der Waals surface area contributed by atoms with Crippen LogP contribution in [0, 0.1) is 6.92 Å². The predicted octanol–water partition coefficient (Wildman–Crippen LogP) is 3.88. The van der Waals surface area contributed by atoms with Gasteiger partial charge in [0.05, 0.1) is 19.1 Å². The third-order valence-corrected chi connectivity index (χ3v) is 7.16. The van der Waals surface area contributed by atoms with Crippen LogP contribution in [0.25, 0.3) is 0 Å². The number of hydrogen-bond acceptors (Lipinski definition) is 5. The van der Waals surface area contributed by atoms with Crippen LogP contribution in [0.2, 0.25) is 0 Å². The van der Waals surface area contributed by atoms with Crippen molar-refractivity contribution in [2.45, 2.75) is 59.0 Å². The molecule has 1 N–H and O–H groups in total. The van der Waals surface area contributed by atoms with Gasteiger partial charge in [0, 0.05) is 26.1 Å². The summed E-state index contributed by atoms with van der Waals surface area (Å²) in [5.74, 6) is 0.336. The molecule has 0 bridgehead atoms. The van der Waals surface area contributed by atoms with Gasteiger partial charge >= 0.3 is 0 Å². The standard InChI is InChI=1S/C27H39N3O5S/c1-6-18-28-27(32)24(7-2)29(20-22-14-16-23(35-4)17-15-22)26(31)13-10-19-30(36(5,33)34)25-12-9-8-11-21(25)3/h8-9,11-12,14-17,24H,6-7,10,13,18-20H2,1-5H3,(H,28,32)/t24-/m0/s1. The van der Waals surface area contributed by atoms with Gasteiger partial charge in [-0.1, -0.05) is 44.2 Å². The van der Waals surface area contributed by atoms with Crippen LogP contribution < -0.4 is 14.4 Å². The molecule has 0 saturated carbocycles. The first-order chi connectivity index (χ1) is 17.1. The van der Waals surface area contributed by atoms with Gasteiger partial charge in [0.1, 0.15) is 11.8 Å². The van der Waals surface area contributed by atoms with E-state index in [1.165, 1.54) is 10.6 Å². The molecule has 0 radical (unpaired) electrons. The van der Waals surface area contributed by atoms with Crippen molar-refractivity contribution < 1.29 is 22.7 Å². The van der Waals surface area contributed by atoms with Gasteiger partial charge in [-0.2, -0.15) is 0 Å². The molecule has 0 unspecified atom stereocenters. The Morgan fingerprint density at radius 2 is 1.72 bits per heavy atom. The van der Waals surface area contributed by atoms with Crippen molar-refractivity contribution in [3.05, 3.63) is 59.7 Å². The van der Waals surface area contributed by atoms with Gasteiger partial charge in [-0.25, -0.2) is 8.42 Å². The lowest BCUT2D eigenvalue weighted by Crippen LogP contribution is -2.49. The van der Waals surface area contributed by atoms with Crippen molar-refractivity contribution in [3.63, 3.8) is 0 Å². The van der Waals surface area contributed by atoms with Gasteiger partial charge in [0.25, 0.3) is 0 Å². The smallest absolute Gasteiger partial charge is 0.242 e. The number of ether oxygens (including phenoxy) is 1. The number of sulfonamides is 1. The second-order valence-corrected chi connectivity index (χ2v) is 10.7. The number of carbonyl (C=O) groups is 2. The highest BCUT2D eigenvalue weighted by atomic mass is 32.2. The first kappa shape index (κ1) is 29.2. The average Bonchev–Trinajstić information content (AvgIpc) is 2.85. The Kier molecular flexibility index (Phi) is 11.2. The Hall–Kier alpha value is -3.07. The van der Waals surface area contributed by atoms with Crippen molar-refractivity contribution in [1.82, 2.24) is 10.2 Å². The number of amides is 2. The molecule has 36 heavy (non-hydrogen) atoms. The van der Waals surface area contributed by atoms with Crippen molar-refractivity contribution in [2.24, 2.45) is 0 Å². The normalized spacial score (nSPS) is 12.0. The second-order valence-electron chi connectivity index (χ2n) is 8.81. The number of aryl methyl sites for hydroxylation is 1. The van der Waals surface area contributed by atoms with E-state index in [1.54, 1.807) is 24.1 Å². The molecule has 2 aromatic rings. The fourth-order valence-electron chi connectivity index (χ4n) is 4.04. The number of benzene rings is 2. The van der Waals surface area contributed by atoms with Gasteiger partial charge in [-0.3, -0.25) is 13.9 Å². The highest BCUT2D eigenvalue weighted by molar-refractivity contribution is 7.92. The number of hydrogen-bond donors (Lipinski definition) is 1. The number of nitrogens with zero attached hydrogens (tertiary/aromatic N) is 2. The summed E-state index contributed by atoms with van der Waals surface area (Å²) in [7, 11) is -1.94. The van der Waals surface area contributed by atoms with Crippen LogP contribution >= 0.6 is 0 Å². The molecule has 8 nitrogen and oxygen atoms in total. The minimum atomic E-state index is -3.53. The molecule has 2 rings (SSSR count). The maximum atomic E-state index is 13.4. The Labute approximate surface area is 215 Å². The molecule has 2 amide bonds. The third kappa shape index (κ3) is 8.26. The van der Waals surface area contributed by atoms with E-state index < -0.39 is 16.1 Å². The van der Waals surface area contributed by atoms with E-state index >= 15 is 0 Å². The lowest BCUT2D eigenvalue weighted by molar-refractivity contribution is -0.141. The van der Waals surface area contributed by atoms with Crippen molar-refractivity contribution in [1.29, 1.82) is 0 Å². The van der Waals surface area contributed by atoms with E-state index in [1.807, 2.05) is 57.2 Å². The van der Waals surface area contributed by atoms with Crippen molar-refractivity contribution >= 4 is 27.5 Å². The number of nitrogens with one attached hydrogen (secondary N) is 1. The van der Waals surface area contributed by atoms with E-state index in [2.05, 4.69) is 5.32 Å². The van der Waals surface area contributed by atoms with Gasteiger partial charge in [-0.05, 0) is 55.5 Å². The first-order valence-electron chi connectivity index (χ1n) is 12.4. The molecule has 0 aliphatic heterocycles. The Balaban J connectivity index is 2.21. The monoisotopic (exact) mass is 517 g/mol. The third-order valence-electron chi connectivity index (χ3n) is 5.98. The maximum absolute atomic E-state index is 13.4. The summed E-state index contributed by atoms with van der Waals surface area (Å²) in [6.07, 6.45) is 2.88. The van der Waals surface area contributed by atoms with E-state index in [-0.39, 0.29) is 31.3 Å². The van der Waals surface area contributed by atoms with Gasteiger partial charge < -0.3 is 15.0 Å². The molecule has 0 spiro atoms. The molecular formula is C27H39N3O5S. The lowest BCUT2D eigenvalue weighted by atomic mass is 10.1. The van der Waals surface area contributed by atoms with E-state index in [0.29, 0.717) is 30.8 Å². The van der Waals surface area contributed by atoms with Crippen LogP contribution in [-0.2, 0) is 26.2 Å². The largest absolute Gasteiger partial charge is 0.497 e. The molecule has 0 saturated heterocycles. The molecule has 0 aliphatic carbocycles. The van der Waals surface area contributed by atoms with Gasteiger partial charge in [0.15, 0.2) is 0 Å². The second kappa shape index (κ2) is 13.9. The Morgan fingerprint density at radius 1 is 1.06 bits per heavy atom. The van der Waals surface area contributed by atoms with Crippen LogP contribution in [0.4, 0.5) is 5.69 Å². The van der Waals surface area contributed by atoms with Gasteiger partial charge in [0.2, 0.25) is 21.8 Å². The lowest BCUT2D eigenvalue weighted by Gasteiger charge is -2.31. The average molecular weight is 518 g/mol. The quantitative estimate of drug-likeness (QED) is 0.410. The number of anilines is 1. The van der Waals surface area contributed by atoms with Crippen LogP contribution in [0.5, 0.6) is 5.75 Å². The molecule has 0 heterocycles. The highest BCUT2D eigenvalue weighted by Gasteiger charge is 2.28. The van der Waals surface area contributed by atoms with E-state index in [9.17, 15) is 18.0 Å². The van der Waals surface area contributed by atoms with E-state index in [4.69, 9.17) is 4.74 Å². The first-order valence-corrected chi connectivity index (χ1v) is 14.2. The molecule has 198 valence electrons. The molecule has 0 fully saturated rings. The van der Waals surface area contributed by atoms with E-state index in [0.717, 1.165) is 17.5 Å². The van der Waals surface area contributed by atoms with Crippen LogP contribution in [0.1, 0.15) is 50.7 Å². The van der Waals surface area contributed by atoms with Crippen LogP contribution in [0.15, 0.2) is 48.5 Å². The van der Waals surface area contributed by atoms with Crippen molar-refractivity contribution in [3.8, 4) is 5.75 Å². The fraction of sp³-hybridized carbons (Fsp3) is 0.481. The zero-order chi connectivity index (χ0) is 26.7. The zero-order valence-electron chi connectivity index (χ0n) is 22.0. The molecular weight excluding hydrogens is 478 g/mol. The minimum Gasteiger partial charge on any atom is -0.497 e. The summed E-state index contributed by atoms with van der Waals surface area (Å²) >= 11 is 0. The summed E-state index contributed by atoms with van der Waals surface area (Å²) < 4.78 is 31.6. The number of para-hydroxylation sites is 1. The van der Waals surface area contributed by atoms with Gasteiger partial charge in [-0.15, -0.1) is 0 Å². The number of rotatable bonds is 14. The molecule has 2 aromatic carbocycles. The summed E-state index contributed by atoms with van der Waals surface area (Å²) in [5.41, 5.74) is 2.32. The summed E-state index contributed by atoms with van der Waals surface area (Å²) in [6, 6.07) is 14.0. The van der Waals surface area contributed by atoms with Crippen molar-refractivity contribution in [2.75, 3.05) is 30.8 Å². The molecule has 9 heteroatoms. The SMILES string of the molecule is CCCNC(=O)[C@H](CC)N(Cc1ccc(OC)cc1)C(=O)CCCN(c1ccccc1C)S(C)(=O)=O. The maximum Gasteiger partial charge on any atom is 0.242 e. The minimum absolute atomic E-state index is 0.117. The topological polar surface area (TPSA) is 96.0 Å². The van der Waals surface area contributed by atoms with Crippen LogP contribution in [-0.4, -0.2) is 57.6 Å². The number of methoxy groups -OCH3 is 1. The summed E-state index contributed by atoms with van der Waals surface area (Å²) in [4.78, 5) is 27.9. The molecule has 0 aliphatic rings. The Bertz CT molecular complexity index is 1100. The summed E-state index contributed by atoms with van der Waals surface area (Å²) in [6.45, 7) is 6.70. The predicted molar refractivity (Wildman–Crippen MR) is 144 cm³/mol.